The molecule has 0 amide bonds. The van der Waals surface area contributed by atoms with Crippen LogP contribution in [-0.2, 0) is 9.84 Å². The van der Waals surface area contributed by atoms with Gasteiger partial charge in [-0.15, -0.1) is 0 Å². The molecule has 0 saturated heterocycles. The number of unbranched alkanes of at least 4 members (excludes halogenated alkanes) is 1. The maximum absolute atomic E-state index is 12.9. The van der Waals surface area contributed by atoms with Gasteiger partial charge in [0.1, 0.15) is 5.58 Å². The number of fused-ring (bicyclic) bond motifs is 2. The summed E-state index contributed by atoms with van der Waals surface area (Å²) in [5, 5.41) is 9.22. The minimum absolute atomic E-state index is 0.0273. The molecular weight excluding hydrogens is 372 g/mol. The van der Waals surface area contributed by atoms with E-state index in [9.17, 15) is 18.0 Å². The zero-order valence-corrected chi connectivity index (χ0v) is 15.6. The van der Waals surface area contributed by atoms with Crippen LogP contribution in [0.5, 0.6) is 5.75 Å². The van der Waals surface area contributed by atoms with Crippen molar-refractivity contribution in [2.75, 3.05) is 12.9 Å². The highest BCUT2D eigenvalue weighted by molar-refractivity contribution is 7.90. The van der Waals surface area contributed by atoms with Crippen LogP contribution in [0, 0.1) is 0 Å². The van der Waals surface area contributed by atoms with Gasteiger partial charge < -0.3 is 14.3 Å². The van der Waals surface area contributed by atoms with E-state index >= 15 is 0 Å². The van der Waals surface area contributed by atoms with Crippen molar-refractivity contribution in [3.8, 4) is 5.75 Å². The summed E-state index contributed by atoms with van der Waals surface area (Å²) in [5.41, 5.74) is -0.239. The Hall–Kier alpha value is -2.87. The Kier molecular flexibility index (Phi) is 4.93. The molecule has 1 heterocycles. The third kappa shape index (κ3) is 3.66. The highest BCUT2D eigenvalue weighted by Crippen LogP contribution is 2.31. The van der Waals surface area contributed by atoms with Crippen molar-refractivity contribution in [1.82, 2.24) is 0 Å². The van der Waals surface area contributed by atoms with Gasteiger partial charge in [-0.25, -0.2) is 13.2 Å². The number of ether oxygens (including phenoxy) is 1. The molecule has 27 heavy (non-hydrogen) atoms. The summed E-state index contributed by atoms with van der Waals surface area (Å²) < 4.78 is 35.5. The van der Waals surface area contributed by atoms with E-state index in [-0.39, 0.29) is 38.1 Å². The zero-order chi connectivity index (χ0) is 19.8. The second-order valence-electron chi connectivity index (χ2n) is 6.22. The number of rotatable bonds is 6. The Morgan fingerprint density at radius 1 is 1.19 bits per heavy atom. The van der Waals surface area contributed by atoms with Crippen molar-refractivity contribution in [1.29, 1.82) is 0 Å². The van der Waals surface area contributed by atoms with E-state index < -0.39 is 21.2 Å². The Morgan fingerprint density at radius 2 is 1.93 bits per heavy atom. The van der Waals surface area contributed by atoms with E-state index in [2.05, 4.69) is 0 Å². The van der Waals surface area contributed by atoms with Gasteiger partial charge >= 0.3 is 5.97 Å². The lowest BCUT2D eigenvalue weighted by Crippen LogP contribution is -2.08. The molecule has 3 aromatic rings. The van der Waals surface area contributed by atoms with Crippen LogP contribution < -0.4 is 10.2 Å². The topological polar surface area (TPSA) is 111 Å². The molecule has 0 radical (unpaired) electrons. The first-order valence-electron chi connectivity index (χ1n) is 8.33. The average molecular weight is 390 g/mol. The number of carbonyl (C=O) groups is 1. The smallest absolute Gasteiger partial charge is 0.335 e. The summed E-state index contributed by atoms with van der Waals surface area (Å²) in [6, 6.07) is 6.53. The monoisotopic (exact) mass is 390 g/mol. The van der Waals surface area contributed by atoms with Gasteiger partial charge in [-0.05, 0) is 30.7 Å². The van der Waals surface area contributed by atoms with Gasteiger partial charge in [-0.1, -0.05) is 13.3 Å². The first-order chi connectivity index (χ1) is 12.7. The number of aromatic carboxylic acids is 1. The van der Waals surface area contributed by atoms with Crippen LogP contribution in [0.25, 0.3) is 21.9 Å². The van der Waals surface area contributed by atoms with Crippen molar-refractivity contribution in [2.24, 2.45) is 0 Å². The lowest BCUT2D eigenvalue weighted by Gasteiger charge is -2.11. The SMILES string of the molecule is CCCCOc1cc(S(C)(=O)=O)cc2c(=O)c3cc(C(=O)O)ccc3oc12. The van der Waals surface area contributed by atoms with Crippen LogP contribution in [0.1, 0.15) is 30.1 Å². The first-order valence-corrected chi connectivity index (χ1v) is 10.2. The fraction of sp³-hybridized carbons (Fsp3) is 0.263. The van der Waals surface area contributed by atoms with E-state index in [4.69, 9.17) is 14.3 Å². The summed E-state index contributed by atoms with van der Waals surface area (Å²) in [6.07, 6.45) is 2.67. The van der Waals surface area contributed by atoms with Gasteiger partial charge in [0.2, 0.25) is 5.43 Å². The third-order valence-corrected chi connectivity index (χ3v) is 5.23. The average Bonchev–Trinajstić information content (AvgIpc) is 2.61. The second kappa shape index (κ2) is 7.03. The molecule has 3 rings (SSSR count). The minimum atomic E-state index is -3.59. The number of benzene rings is 2. The minimum Gasteiger partial charge on any atom is -0.490 e. The zero-order valence-electron chi connectivity index (χ0n) is 14.8. The molecule has 7 nitrogen and oxygen atoms in total. The van der Waals surface area contributed by atoms with Crippen LogP contribution in [0.3, 0.4) is 0 Å². The maximum atomic E-state index is 12.9. The van der Waals surface area contributed by atoms with E-state index in [0.29, 0.717) is 6.61 Å². The summed E-state index contributed by atoms with van der Waals surface area (Å²) in [7, 11) is -3.59. The molecule has 0 fully saturated rings. The van der Waals surface area contributed by atoms with Gasteiger partial charge in [0, 0.05) is 12.3 Å². The number of sulfone groups is 1. The molecule has 2 aromatic carbocycles. The fourth-order valence-electron chi connectivity index (χ4n) is 2.68. The predicted octanol–water partition coefficient (Wildman–Crippen LogP) is 3.23. The van der Waals surface area contributed by atoms with E-state index in [1.165, 1.54) is 30.3 Å². The highest BCUT2D eigenvalue weighted by atomic mass is 32.2. The normalized spacial score (nSPS) is 11.8. The Morgan fingerprint density at radius 3 is 2.56 bits per heavy atom. The van der Waals surface area contributed by atoms with Gasteiger partial charge in [-0.2, -0.15) is 0 Å². The van der Waals surface area contributed by atoms with Crippen molar-refractivity contribution in [2.45, 2.75) is 24.7 Å². The largest absolute Gasteiger partial charge is 0.490 e. The molecule has 0 atom stereocenters. The quantitative estimate of drug-likeness (QED) is 0.508. The van der Waals surface area contributed by atoms with Gasteiger partial charge in [0.15, 0.2) is 21.2 Å². The van der Waals surface area contributed by atoms with Crippen LogP contribution in [0.4, 0.5) is 0 Å². The van der Waals surface area contributed by atoms with Crippen molar-refractivity contribution in [3.05, 3.63) is 46.1 Å². The lowest BCUT2D eigenvalue weighted by atomic mass is 10.1. The molecule has 8 heteroatoms. The Labute approximate surface area is 155 Å². The fourth-order valence-corrected chi connectivity index (χ4v) is 3.34. The van der Waals surface area contributed by atoms with E-state index in [0.717, 1.165) is 19.1 Å². The van der Waals surface area contributed by atoms with Crippen molar-refractivity contribution >= 4 is 37.7 Å². The number of carboxylic acids is 1. The number of hydrogen-bond donors (Lipinski definition) is 1. The first kappa shape index (κ1) is 18.9. The molecule has 0 aliphatic heterocycles. The summed E-state index contributed by atoms with van der Waals surface area (Å²) in [6.45, 7) is 2.33. The molecular formula is C19H18O7S. The summed E-state index contributed by atoms with van der Waals surface area (Å²) in [4.78, 5) is 24.0. The predicted molar refractivity (Wildman–Crippen MR) is 100 cm³/mol. The highest BCUT2D eigenvalue weighted by Gasteiger charge is 2.19. The lowest BCUT2D eigenvalue weighted by molar-refractivity contribution is 0.0697. The molecule has 0 aliphatic rings. The summed E-state index contributed by atoms with van der Waals surface area (Å²) in [5.74, 6) is -1.01. The van der Waals surface area contributed by atoms with Crippen LogP contribution >= 0.6 is 0 Å². The molecule has 0 saturated carbocycles. The molecule has 0 bridgehead atoms. The van der Waals surface area contributed by atoms with E-state index in [1.807, 2.05) is 6.92 Å². The molecule has 0 aliphatic carbocycles. The van der Waals surface area contributed by atoms with E-state index in [1.54, 1.807) is 0 Å². The molecule has 0 unspecified atom stereocenters. The third-order valence-electron chi connectivity index (χ3n) is 4.14. The van der Waals surface area contributed by atoms with Gasteiger partial charge in [0.25, 0.3) is 0 Å². The van der Waals surface area contributed by atoms with Gasteiger partial charge in [0.05, 0.1) is 27.8 Å². The van der Waals surface area contributed by atoms with Gasteiger partial charge in [-0.3, -0.25) is 4.79 Å². The standard InChI is InChI=1S/C19H18O7S/c1-3-4-7-25-16-10-12(27(2,23)24)9-14-17(20)13-8-11(19(21)22)5-6-15(13)26-18(14)16/h5-6,8-10H,3-4,7H2,1-2H3,(H,21,22). The number of carboxylic acid groups (broad SMARTS) is 1. The Bertz CT molecular complexity index is 1210. The summed E-state index contributed by atoms with van der Waals surface area (Å²) >= 11 is 0. The van der Waals surface area contributed by atoms with Crippen molar-refractivity contribution in [3.63, 3.8) is 0 Å². The molecule has 1 aromatic heterocycles. The Balaban J connectivity index is 2.36. The molecule has 142 valence electrons. The van der Waals surface area contributed by atoms with Crippen LogP contribution in [-0.4, -0.2) is 32.4 Å². The van der Waals surface area contributed by atoms with Crippen molar-refractivity contribution < 1.29 is 27.5 Å². The molecule has 1 N–H and O–H groups in total. The van der Waals surface area contributed by atoms with Crippen LogP contribution in [0.15, 0.2) is 44.4 Å². The second-order valence-corrected chi connectivity index (χ2v) is 8.24. The maximum Gasteiger partial charge on any atom is 0.335 e. The van der Waals surface area contributed by atoms with Crippen LogP contribution in [0.2, 0.25) is 0 Å². The number of hydrogen-bond acceptors (Lipinski definition) is 6. The molecule has 0 spiro atoms.